The topological polar surface area (TPSA) is 130 Å². The monoisotopic (exact) mass is 502 g/mol. The van der Waals surface area contributed by atoms with Gasteiger partial charge in [0.2, 0.25) is 5.95 Å². The summed E-state index contributed by atoms with van der Waals surface area (Å²) in [6.07, 6.45) is -0.431. The van der Waals surface area contributed by atoms with Crippen LogP contribution in [-0.4, -0.2) is 70.4 Å². The molecule has 1 aliphatic heterocycles. The molecule has 0 radical (unpaired) electrons. The maximum absolute atomic E-state index is 13.9. The number of carbonyl (C=O) groups is 2. The smallest absolute Gasteiger partial charge is 0.434 e. The molecule has 4 aliphatic carbocycles. The third kappa shape index (κ3) is 4.01. The highest BCUT2D eigenvalue weighted by Gasteiger charge is 2.61. The number of rotatable bonds is 4. The van der Waals surface area contributed by atoms with Crippen molar-refractivity contribution in [1.82, 2.24) is 14.9 Å². The van der Waals surface area contributed by atoms with Crippen molar-refractivity contribution in [1.29, 1.82) is 0 Å². The lowest BCUT2D eigenvalue weighted by molar-refractivity contribution is -0.165. The van der Waals surface area contributed by atoms with Gasteiger partial charge >= 0.3 is 12.1 Å². The largest absolute Gasteiger partial charge is 0.481 e. The summed E-state index contributed by atoms with van der Waals surface area (Å²) in [6, 6.07) is 0. The van der Waals surface area contributed by atoms with Gasteiger partial charge in [0.1, 0.15) is 0 Å². The van der Waals surface area contributed by atoms with Crippen LogP contribution >= 0.6 is 0 Å². The van der Waals surface area contributed by atoms with E-state index in [4.69, 9.17) is 0 Å². The normalized spacial score (nSPS) is 34.1. The van der Waals surface area contributed by atoms with Crippen LogP contribution in [-0.2, 0) is 20.8 Å². The van der Waals surface area contributed by atoms with Crippen LogP contribution in [0, 0.1) is 17.3 Å². The highest BCUT2D eigenvalue weighted by molar-refractivity contribution is 7.91. The van der Waals surface area contributed by atoms with Gasteiger partial charge < -0.3 is 15.3 Å². The van der Waals surface area contributed by atoms with E-state index in [1.807, 2.05) is 0 Å². The van der Waals surface area contributed by atoms with Crippen LogP contribution in [0.4, 0.5) is 19.1 Å². The van der Waals surface area contributed by atoms with Gasteiger partial charge in [-0.1, -0.05) is 0 Å². The van der Waals surface area contributed by atoms with E-state index in [2.05, 4.69) is 15.3 Å². The molecule has 13 heteroatoms. The zero-order valence-corrected chi connectivity index (χ0v) is 19.1. The molecule has 186 valence electrons. The average Bonchev–Trinajstić information content (AvgIpc) is 2.71. The van der Waals surface area contributed by atoms with Gasteiger partial charge in [-0.3, -0.25) is 9.59 Å². The molecule has 0 spiro atoms. The number of aliphatic carboxylic acids is 1. The van der Waals surface area contributed by atoms with Crippen LogP contribution < -0.4 is 5.32 Å². The first-order valence-electron chi connectivity index (χ1n) is 11.3. The number of hydrogen-bond donors (Lipinski definition) is 2. The lowest BCUT2D eigenvalue weighted by Crippen LogP contribution is -2.61. The molecule has 2 heterocycles. The van der Waals surface area contributed by atoms with E-state index in [9.17, 15) is 36.3 Å². The molecule has 1 amide bonds. The number of aromatic nitrogens is 2. The van der Waals surface area contributed by atoms with Crippen molar-refractivity contribution in [2.75, 3.05) is 29.9 Å². The van der Waals surface area contributed by atoms with Crippen molar-refractivity contribution in [2.45, 2.75) is 50.2 Å². The van der Waals surface area contributed by atoms with Crippen LogP contribution in [0.5, 0.6) is 0 Å². The van der Waals surface area contributed by atoms with E-state index in [0.29, 0.717) is 32.1 Å². The molecule has 2 unspecified atom stereocenters. The number of amides is 1. The van der Waals surface area contributed by atoms with Crippen LogP contribution in [0.2, 0.25) is 0 Å². The quantitative estimate of drug-likeness (QED) is 0.641. The molecule has 0 aromatic carbocycles. The maximum atomic E-state index is 13.9. The van der Waals surface area contributed by atoms with E-state index in [0.717, 1.165) is 17.5 Å². The Kier molecular flexibility index (Phi) is 5.16. The van der Waals surface area contributed by atoms with E-state index in [1.54, 1.807) is 0 Å². The van der Waals surface area contributed by atoms with Crippen molar-refractivity contribution in [3.63, 3.8) is 0 Å². The summed E-state index contributed by atoms with van der Waals surface area (Å²) in [7, 11) is -3.31. The number of carbonyl (C=O) groups excluding carboxylic acids is 1. The Balaban J connectivity index is 1.43. The van der Waals surface area contributed by atoms with Crippen molar-refractivity contribution < 1.29 is 36.3 Å². The third-order valence-electron chi connectivity index (χ3n) is 7.81. The fraction of sp³-hybridized carbons (Fsp3) is 0.714. The van der Waals surface area contributed by atoms with Gasteiger partial charge in [-0.2, -0.15) is 13.2 Å². The van der Waals surface area contributed by atoms with E-state index in [-0.39, 0.29) is 42.4 Å². The number of nitrogens with one attached hydrogen (secondary N) is 1. The number of nitrogens with zero attached hydrogens (tertiary/aromatic N) is 3. The Labute approximate surface area is 194 Å². The molecule has 2 atom stereocenters. The van der Waals surface area contributed by atoms with Gasteiger partial charge in [0.05, 0.1) is 22.5 Å². The number of anilines is 1. The minimum Gasteiger partial charge on any atom is -0.481 e. The van der Waals surface area contributed by atoms with Gasteiger partial charge in [0.25, 0.3) is 5.91 Å². The Morgan fingerprint density at radius 2 is 1.74 bits per heavy atom. The predicted octanol–water partition coefficient (Wildman–Crippen LogP) is 2.20. The van der Waals surface area contributed by atoms with Gasteiger partial charge in [0, 0.05) is 24.8 Å². The Morgan fingerprint density at radius 1 is 1.12 bits per heavy atom. The first-order valence-corrected chi connectivity index (χ1v) is 13.1. The third-order valence-corrected chi connectivity index (χ3v) is 9.42. The maximum Gasteiger partial charge on any atom is 0.434 e. The molecule has 9 nitrogen and oxygen atoms in total. The Morgan fingerprint density at radius 3 is 2.29 bits per heavy atom. The minimum absolute atomic E-state index is 0.183. The van der Waals surface area contributed by atoms with Crippen LogP contribution in [0.15, 0.2) is 6.20 Å². The van der Waals surface area contributed by atoms with Crippen molar-refractivity contribution in [2.24, 2.45) is 17.3 Å². The zero-order chi connectivity index (χ0) is 24.5. The average molecular weight is 503 g/mol. The van der Waals surface area contributed by atoms with Gasteiger partial charge in [-0.05, 0) is 50.4 Å². The lowest BCUT2D eigenvalue weighted by Gasteiger charge is -2.60. The Hall–Kier alpha value is -2.44. The molecule has 1 aromatic heterocycles. The van der Waals surface area contributed by atoms with Crippen molar-refractivity contribution in [3.8, 4) is 0 Å². The second-order valence-electron chi connectivity index (χ2n) is 10.3. The summed E-state index contributed by atoms with van der Waals surface area (Å²) in [5.74, 6) is -2.37. The SMILES string of the molecule is O=C(c1cnc(NC23CC4CC(C2)CC(C(=O)O)(C4)C3)nc1C(F)(F)F)N1CCS(=O)(=O)CC1. The second-order valence-corrected chi connectivity index (χ2v) is 12.7. The van der Waals surface area contributed by atoms with Crippen molar-refractivity contribution >= 4 is 27.7 Å². The standard InChI is InChI=1S/C21H25F3N4O5S/c22-21(23,24)15-14(16(29)28-1-3-34(32,33)4-2-28)10-25-18(26-15)27-20-8-12-5-13(9-20)7-19(6-12,11-20)17(30)31/h10,12-13H,1-9,11H2,(H,30,31)(H,25,26,27). The molecule has 34 heavy (non-hydrogen) atoms. The van der Waals surface area contributed by atoms with Crippen LogP contribution in [0.3, 0.4) is 0 Å². The molecular formula is C21H25F3N4O5S. The molecule has 4 bridgehead atoms. The number of halogens is 3. The van der Waals surface area contributed by atoms with Gasteiger partial charge in [-0.25, -0.2) is 18.4 Å². The second kappa shape index (κ2) is 7.53. The van der Waals surface area contributed by atoms with Crippen LogP contribution in [0.1, 0.15) is 54.6 Å². The number of hydrogen-bond acceptors (Lipinski definition) is 7. The predicted molar refractivity (Wildman–Crippen MR) is 113 cm³/mol. The number of carboxylic acid groups (broad SMARTS) is 1. The van der Waals surface area contributed by atoms with Crippen molar-refractivity contribution in [3.05, 3.63) is 17.5 Å². The fourth-order valence-corrected chi connectivity index (χ4v) is 8.00. The summed E-state index contributed by atoms with van der Waals surface area (Å²) < 4.78 is 64.9. The minimum atomic E-state index is -4.93. The number of sulfone groups is 1. The summed E-state index contributed by atoms with van der Waals surface area (Å²) >= 11 is 0. The number of alkyl halides is 3. The highest BCUT2D eigenvalue weighted by atomic mass is 32.2. The van der Waals surface area contributed by atoms with Gasteiger partial charge in [0.15, 0.2) is 15.5 Å². The first kappa shape index (κ1) is 23.3. The Bertz CT molecular complexity index is 1130. The van der Waals surface area contributed by atoms with Gasteiger partial charge in [-0.15, -0.1) is 0 Å². The molecule has 5 fully saturated rings. The lowest BCUT2D eigenvalue weighted by atomic mass is 9.47. The van der Waals surface area contributed by atoms with E-state index in [1.165, 1.54) is 0 Å². The molecular weight excluding hydrogens is 477 g/mol. The molecule has 4 saturated carbocycles. The highest BCUT2D eigenvalue weighted by Crippen LogP contribution is 2.62. The zero-order valence-electron chi connectivity index (χ0n) is 18.3. The van der Waals surface area contributed by atoms with E-state index >= 15 is 0 Å². The summed E-state index contributed by atoms with van der Waals surface area (Å²) in [4.78, 5) is 33.6. The first-order chi connectivity index (χ1) is 15.8. The molecule has 2 N–H and O–H groups in total. The molecule has 5 aliphatic rings. The molecule has 1 saturated heterocycles. The fourth-order valence-electron chi connectivity index (χ4n) is 6.80. The van der Waals surface area contributed by atoms with E-state index < -0.39 is 50.1 Å². The summed E-state index contributed by atoms with van der Waals surface area (Å²) in [5.41, 5.74) is -3.70. The molecule has 1 aromatic rings. The summed E-state index contributed by atoms with van der Waals surface area (Å²) in [6.45, 7) is -0.386. The van der Waals surface area contributed by atoms with Crippen LogP contribution in [0.25, 0.3) is 0 Å². The number of carboxylic acids is 1. The molecule has 6 rings (SSSR count). The summed E-state index contributed by atoms with van der Waals surface area (Å²) in [5, 5.41) is 12.9.